The number of aromatic nitrogens is 2. The van der Waals surface area contributed by atoms with Gasteiger partial charge in [-0.05, 0) is 31.0 Å². The van der Waals surface area contributed by atoms with Crippen LogP contribution in [0, 0.1) is 6.92 Å². The maximum absolute atomic E-state index is 6.10. The number of hydrogen-bond acceptors (Lipinski definition) is 5. The third-order valence-corrected chi connectivity index (χ3v) is 3.39. The van der Waals surface area contributed by atoms with Crippen LogP contribution in [0.25, 0.3) is 11.4 Å². The zero-order valence-corrected chi connectivity index (χ0v) is 13.1. The van der Waals surface area contributed by atoms with Crippen molar-refractivity contribution in [2.45, 2.75) is 26.7 Å². The van der Waals surface area contributed by atoms with Crippen LogP contribution >= 0.6 is 0 Å². The van der Waals surface area contributed by atoms with Crippen molar-refractivity contribution in [2.24, 2.45) is 0 Å². The lowest BCUT2D eigenvalue weighted by Gasteiger charge is -2.15. The topological polar surface area (TPSA) is 70.3 Å². The Bertz CT molecular complexity index is 631. The van der Waals surface area contributed by atoms with E-state index in [1.54, 1.807) is 14.2 Å². The lowest BCUT2D eigenvalue weighted by Crippen LogP contribution is -2.07. The molecular weight excluding hydrogens is 266 g/mol. The highest BCUT2D eigenvalue weighted by Gasteiger charge is 2.16. The van der Waals surface area contributed by atoms with Crippen LogP contribution < -0.4 is 15.2 Å². The van der Waals surface area contributed by atoms with E-state index in [9.17, 15) is 0 Å². The summed E-state index contributed by atoms with van der Waals surface area (Å²) in [4.78, 5) is 9.02. The van der Waals surface area contributed by atoms with E-state index in [2.05, 4.69) is 23.8 Å². The van der Waals surface area contributed by atoms with Crippen molar-refractivity contribution in [3.8, 4) is 22.9 Å². The Morgan fingerprint density at radius 1 is 1.10 bits per heavy atom. The molecule has 0 amide bonds. The van der Waals surface area contributed by atoms with Crippen LogP contribution in [0.15, 0.2) is 18.2 Å². The molecular formula is C16H21N3O2. The van der Waals surface area contributed by atoms with E-state index >= 15 is 0 Å². The molecule has 2 aromatic rings. The molecule has 0 aliphatic heterocycles. The van der Waals surface area contributed by atoms with E-state index < -0.39 is 0 Å². The summed E-state index contributed by atoms with van der Waals surface area (Å²) in [5.74, 6) is 2.75. The summed E-state index contributed by atoms with van der Waals surface area (Å²) in [5, 5.41) is 0. The Morgan fingerprint density at radius 2 is 1.81 bits per heavy atom. The van der Waals surface area contributed by atoms with Crippen LogP contribution in [0.4, 0.5) is 5.82 Å². The Balaban J connectivity index is 2.62. The van der Waals surface area contributed by atoms with Crippen LogP contribution in [0.5, 0.6) is 11.5 Å². The Morgan fingerprint density at radius 3 is 2.33 bits per heavy atom. The first-order valence-electron chi connectivity index (χ1n) is 6.84. The molecule has 112 valence electrons. The summed E-state index contributed by atoms with van der Waals surface area (Å²) in [6, 6.07) is 5.52. The van der Waals surface area contributed by atoms with Crippen molar-refractivity contribution in [1.82, 2.24) is 9.97 Å². The van der Waals surface area contributed by atoms with Crippen LogP contribution in [0.3, 0.4) is 0 Å². The minimum atomic E-state index is 0.284. The van der Waals surface area contributed by atoms with Crippen molar-refractivity contribution >= 4 is 5.82 Å². The monoisotopic (exact) mass is 287 g/mol. The number of anilines is 1. The van der Waals surface area contributed by atoms with Crippen LogP contribution in [0.1, 0.15) is 31.0 Å². The quantitative estimate of drug-likeness (QED) is 0.935. The number of ether oxygens (including phenoxy) is 2. The predicted molar refractivity (Wildman–Crippen MR) is 83.8 cm³/mol. The largest absolute Gasteiger partial charge is 0.497 e. The van der Waals surface area contributed by atoms with Gasteiger partial charge in [0.05, 0.1) is 19.8 Å². The van der Waals surface area contributed by atoms with E-state index in [1.807, 2.05) is 25.1 Å². The molecule has 1 aromatic carbocycles. The predicted octanol–water partition coefficient (Wildman–Crippen LogP) is 3.17. The first-order valence-corrected chi connectivity index (χ1v) is 6.84. The molecule has 0 aliphatic rings. The molecule has 5 heteroatoms. The summed E-state index contributed by atoms with van der Waals surface area (Å²) in [7, 11) is 3.23. The number of nitrogen functional groups attached to an aromatic ring is 1. The van der Waals surface area contributed by atoms with Gasteiger partial charge in [-0.1, -0.05) is 13.8 Å². The zero-order valence-electron chi connectivity index (χ0n) is 13.1. The Hall–Kier alpha value is -2.30. The molecule has 0 aliphatic carbocycles. The minimum Gasteiger partial charge on any atom is -0.497 e. The van der Waals surface area contributed by atoms with E-state index in [0.717, 1.165) is 22.6 Å². The maximum Gasteiger partial charge on any atom is 0.165 e. The zero-order chi connectivity index (χ0) is 15.6. The van der Waals surface area contributed by atoms with Gasteiger partial charge in [0, 0.05) is 11.3 Å². The molecule has 0 unspecified atom stereocenters. The van der Waals surface area contributed by atoms with Gasteiger partial charge >= 0.3 is 0 Å². The molecule has 5 nitrogen and oxygen atoms in total. The molecule has 21 heavy (non-hydrogen) atoms. The molecule has 0 fully saturated rings. The van der Waals surface area contributed by atoms with Crippen molar-refractivity contribution in [2.75, 3.05) is 20.0 Å². The average molecular weight is 287 g/mol. The molecule has 0 spiro atoms. The second kappa shape index (κ2) is 5.99. The number of aryl methyl sites for hydroxylation is 1. The van der Waals surface area contributed by atoms with E-state index in [4.69, 9.17) is 15.2 Å². The standard InChI is InChI=1S/C16H21N3O2/c1-9(2)14-10(3)18-16(19-15(14)17)12-8-11(20-4)6-7-13(12)21-5/h6-9H,1-5H3,(H2,17,18,19). The molecule has 0 atom stereocenters. The van der Waals surface area contributed by atoms with Gasteiger partial charge < -0.3 is 15.2 Å². The van der Waals surface area contributed by atoms with Gasteiger partial charge in [-0.2, -0.15) is 0 Å². The maximum atomic E-state index is 6.10. The van der Waals surface area contributed by atoms with Gasteiger partial charge in [-0.25, -0.2) is 9.97 Å². The van der Waals surface area contributed by atoms with Crippen LogP contribution in [0.2, 0.25) is 0 Å². The normalized spacial score (nSPS) is 10.8. The fourth-order valence-electron chi connectivity index (χ4n) is 2.43. The Kier molecular flexibility index (Phi) is 4.31. The summed E-state index contributed by atoms with van der Waals surface area (Å²) in [5.41, 5.74) is 8.74. The molecule has 1 heterocycles. The number of nitrogens with two attached hydrogens (primary N) is 1. The lowest BCUT2D eigenvalue weighted by molar-refractivity contribution is 0.404. The molecule has 2 N–H and O–H groups in total. The minimum absolute atomic E-state index is 0.284. The van der Waals surface area contributed by atoms with Crippen molar-refractivity contribution in [3.63, 3.8) is 0 Å². The van der Waals surface area contributed by atoms with E-state index in [1.165, 1.54) is 0 Å². The molecule has 1 aromatic heterocycles. The third-order valence-electron chi connectivity index (χ3n) is 3.39. The lowest BCUT2D eigenvalue weighted by atomic mass is 10.0. The average Bonchev–Trinajstić information content (AvgIpc) is 2.45. The molecule has 0 bridgehead atoms. The van der Waals surface area contributed by atoms with Gasteiger partial charge in [0.2, 0.25) is 0 Å². The molecule has 0 saturated heterocycles. The van der Waals surface area contributed by atoms with Gasteiger partial charge in [-0.3, -0.25) is 0 Å². The number of benzene rings is 1. The Labute approximate surface area is 125 Å². The van der Waals surface area contributed by atoms with Crippen LogP contribution in [-0.4, -0.2) is 24.2 Å². The smallest absolute Gasteiger partial charge is 0.165 e. The van der Waals surface area contributed by atoms with Crippen molar-refractivity contribution < 1.29 is 9.47 Å². The van der Waals surface area contributed by atoms with Crippen molar-refractivity contribution in [3.05, 3.63) is 29.5 Å². The summed E-state index contributed by atoms with van der Waals surface area (Å²) in [6.07, 6.45) is 0. The first-order chi connectivity index (χ1) is 9.97. The van der Waals surface area contributed by atoms with E-state index in [0.29, 0.717) is 17.4 Å². The second-order valence-electron chi connectivity index (χ2n) is 5.15. The summed E-state index contributed by atoms with van der Waals surface area (Å²) < 4.78 is 10.6. The fourth-order valence-corrected chi connectivity index (χ4v) is 2.43. The van der Waals surface area contributed by atoms with Crippen LogP contribution in [-0.2, 0) is 0 Å². The second-order valence-corrected chi connectivity index (χ2v) is 5.15. The highest BCUT2D eigenvalue weighted by Crippen LogP contribution is 2.33. The van der Waals surface area contributed by atoms with Gasteiger partial charge in [-0.15, -0.1) is 0 Å². The molecule has 0 radical (unpaired) electrons. The van der Waals surface area contributed by atoms with Gasteiger partial charge in [0.1, 0.15) is 17.3 Å². The highest BCUT2D eigenvalue weighted by atomic mass is 16.5. The number of hydrogen-bond donors (Lipinski definition) is 1. The van der Waals surface area contributed by atoms with Gasteiger partial charge in [0.15, 0.2) is 5.82 Å². The van der Waals surface area contributed by atoms with Crippen molar-refractivity contribution in [1.29, 1.82) is 0 Å². The third kappa shape index (κ3) is 2.91. The molecule has 2 rings (SSSR count). The number of nitrogens with zero attached hydrogens (tertiary/aromatic N) is 2. The molecule has 0 saturated carbocycles. The highest BCUT2D eigenvalue weighted by molar-refractivity contribution is 5.68. The summed E-state index contributed by atoms with van der Waals surface area (Å²) >= 11 is 0. The number of rotatable bonds is 4. The van der Waals surface area contributed by atoms with E-state index in [-0.39, 0.29) is 5.92 Å². The number of methoxy groups -OCH3 is 2. The SMILES string of the molecule is COc1ccc(OC)c(-c2nc(C)c(C(C)C)c(N)n2)c1. The van der Waals surface area contributed by atoms with Gasteiger partial charge in [0.25, 0.3) is 0 Å². The fraction of sp³-hybridized carbons (Fsp3) is 0.375. The summed E-state index contributed by atoms with van der Waals surface area (Å²) in [6.45, 7) is 6.10. The first kappa shape index (κ1) is 15.1.